The van der Waals surface area contributed by atoms with Crippen LogP contribution in [0.2, 0.25) is 0 Å². The summed E-state index contributed by atoms with van der Waals surface area (Å²) in [5.41, 5.74) is 11.8. The number of amides is 9. The summed E-state index contributed by atoms with van der Waals surface area (Å²) in [4.78, 5) is 173. The molecule has 24 nitrogen and oxygen atoms in total. The van der Waals surface area contributed by atoms with Crippen LogP contribution in [-0.4, -0.2) is 117 Å². The fraction of sp³-hybridized carbons (Fsp3) is 0.600. The van der Waals surface area contributed by atoms with Crippen molar-refractivity contribution in [3.8, 4) is 0 Å². The molecule has 0 aliphatic carbocycles. The molecule has 0 unspecified atom stereocenters. The van der Waals surface area contributed by atoms with Crippen LogP contribution in [0.15, 0.2) is 60.7 Å². The smallest absolute Gasteiger partial charge is 0.311 e. The Balaban J connectivity index is 0.000000654. The van der Waals surface area contributed by atoms with Gasteiger partial charge in [0.1, 0.15) is 13.2 Å². The quantitative estimate of drug-likeness (QED) is 0.0107. The molecule has 1 heterocycles. The number of nitrogens with two attached hydrogens (primary N) is 2. The molecule has 9 N–H and O–H groups in total. The number of nitrogens with zero attached hydrogens (tertiary/aromatic N) is 1. The van der Waals surface area contributed by atoms with Crippen molar-refractivity contribution >= 4 is 116 Å². The van der Waals surface area contributed by atoms with Gasteiger partial charge in [-0.1, -0.05) is 100 Å². The van der Waals surface area contributed by atoms with Crippen LogP contribution in [0.1, 0.15) is 202 Å². The van der Waals surface area contributed by atoms with Crippen LogP contribution < -0.4 is 38.1 Å². The van der Waals surface area contributed by atoms with Crippen LogP contribution in [-0.2, 0) is 89.8 Å². The van der Waals surface area contributed by atoms with Crippen LogP contribution in [0.5, 0.6) is 0 Å². The maximum atomic E-state index is 13.5. The number of hydrogen-bond donors (Lipinski definition) is 7. The van der Waals surface area contributed by atoms with Crippen molar-refractivity contribution in [1.29, 1.82) is 0 Å². The zero-order valence-corrected chi connectivity index (χ0v) is 59.4. The van der Waals surface area contributed by atoms with Crippen molar-refractivity contribution in [3.63, 3.8) is 0 Å². The zero-order chi connectivity index (χ0) is 71.4. The number of carbonyl (C=O) groups excluding carboxylic acids is 14. The number of imide groups is 1. The van der Waals surface area contributed by atoms with E-state index in [2.05, 4.69) is 26.6 Å². The third-order valence-corrected chi connectivity index (χ3v) is 16.0. The normalized spacial score (nSPS) is 13.3. The molecular weight excluding hydrogens is 1340 g/mol. The summed E-state index contributed by atoms with van der Waals surface area (Å²) < 4.78 is 11.1. The number of esters is 2. The van der Waals surface area contributed by atoms with Crippen LogP contribution in [0, 0.1) is 34.5 Å². The van der Waals surface area contributed by atoms with Gasteiger partial charge in [-0.3, -0.25) is 72.0 Å². The number of Topliss-reactive ketones (excluding diaryl/α,β-unsaturated/α-hetero) is 3. The van der Waals surface area contributed by atoms with Gasteiger partial charge in [-0.25, -0.2) is 0 Å². The maximum absolute atomic E-state index is 13.5. The van der Waals surface area contributed by atoms with Crippen molar-refractivity contribution < 1.29 is 76.6 Å². The van der Waals surface area contributed by atoms with E-state index in [1.807, 2.05) is 50.3 Å². The Morgan fingerprint density at radius 3 is 1.22 bits per heavy atom. The first-order chi connectivity index (χ1) is 44.6. The van der Waals surface area contributed by atoms with Gasteiger partial charge in [-0.2, -0.15) is 0 Å². The molecule has 1 aliphatic heterocycles. The third-order valence-electron chi connectivity index (χ3n) is 15.3. The number of nitrogens with one attached hydrogen (secondary N) is 5. The lowest BCUT2D eigenvalue weighted by Gasteiger charge is -2.24. The number of anilines is 2. The second-order valence-electron chi connectivity index (χ2n) is 26.8. The second-order valence-corrected chi connectivity index (χ2v) is 27.5. The number of primary amides is 2. The second kappa shape index (κ2) is 43.4. The number of unbranched alkanes of at least 4 members (excludes halogenated alkanes) is 6. The van der Waals surface area contributed by atoms with Crippen molar-refractivity contribution in [2.24, 2.45) is 46.0 Å². The number of hydrogen-bond acceptors (Lipinski definition) is 16. The molecule has 0 saturated heterocycles. The van der Waals surface area contributed by atoms with E-state index in [1.165, 1.54) is 0 Å². The molecule has 2 aromatic rings. The highest BCUT2D eigenvalue weighted by Crippen LogP contribution is 2.25. The monoisotopic (exact) mass is 1440 g/mol. The van der Waals surface area contributed by atoms with Crippen LogP contribution in [0.4, 0.5) is 11.4 Å². The minimum atomic E-state index is -0.795. The van der Waals surface area contributed by atoms with Gasteiger partial charge in [0.15, 0.2) is 17.3 Å². The lowest BCUT2D eigenvalue weighted by atomic mass is 9.88. The first kappa shape index (κ1) is 83.4. The molecule has 1 aliphatic rings. The molecule has 0 spiro atoms. The van der Waals surface area contributed by atoms with Gasteiger partial charge < -0.3 is 47.5 Å². The molecule has 2 aromatic carbocycles. The van der Waals surface area contributed by atoms with E-state index in [9.17, 15) is 67.1 Å². The van der Waals surface area contributed by atoms with Crippen molar-refractivity contribution in [3.05, 3.63) is 71.8 Å². The van der Waals surface area contributed by atoms with Crippen LogP contribution in [0.3, 0.4) is 0 Å². The predicted molar refractivity (Wildman–Crippen MR) is 368 cm³/mol. The van der Waals surface area contributed by atoms with Gasteiger partial charge in [0.05, 0.1) is 33.9 Å². The molecule has 0 aromatic heterocycles. The van der Waals surface area contributed by atoms with E-state index in [0.717, 1.165) is 28.2 Å². The molecule has 4 atom stereocenters. The SMILES string of the molecule is CC(C)[C@H](NC(=O)CCCCCCC(=O)CN1C(=O)C=CC1=O)C(=O)C[C@@H](CCCCC(N)=O)C(=O)Nc1ccc(COC(=O)C(C)(C)C)cc1.CC(C)[C@H](NC(=O)CCCCNC(=O)CI)C(=O)C[C@@H](CCCCC(N)=O)C(=O)Nc1ccc(COC(=O)C(C)(C)C)cc1. The number of alkyl halides is 1. The molecule has 0 radical (unpaired) electrons. The van der Waals surface area contributed by atoms with Gasteiger partial charge in [0.25, 0.3) is 11.8 Å². The van der Waals surface area contributed by atoms with Gasteiger partial charge >= 0.3 is 11.9 Å². The van der Waals surface area contributed by atoms with E-state index < -0.39 is 58.4 Å². The predicted octanol–water partition coefficient (Wildman–Crippen LogP) is 8.51. The first-order valence-electron chi connectivity index (χ1n) is 32.8. The summed E-state index contributed by atoms with van der Waals surface area (Å²) >= 11 is 1.98. The highest BCUT2D eigenvalue weighted by Gasteiger charge is 2.32. The summed E-state index contributed by atoms with van der Waals surface area (Å²) in [6, 6.07) is 12.2. The molecule has 25 heteroatoms. The average molecular weight is 1440 g/mol. The lowest BCUT2D eigenvalue weighted by molar-refractivity contribution is -0.155. The Kier molecular flexibility index (Phi) is 38.1. The lowest BCUT2D eigenvalue weighted by Crippen LogP contribution is -2.45. The molecule has 0 fully saturated rings. The van der Waals surface area contributed by atoms with E-state index >= 15 is 0 Å². The third kappa shape index (κ3) is 35.0. The summed E-state index contributed by atoms with van der Waals surface area (Å²) in [6.45, 7) is 18.4. The zero-order valence-electron chi connectivity index (χ0n) is 57.2. The first-order valence-corrected chi connectivity index (χ1v) is 34.4. The van der Waals surface area contributed by atoms with E-state index in [0.29, 0.717) is 99.4 Å². The number of halogens is 1. The van der Waals surface area contributed by atoms with Gasteiger partial charge in [-0.05, 0) is 140 Å². The van der Waals surface area contributed by atoms with Gasteiger partial charge in [0.2, 0.25) is 41.4 Å². The Bertz CT molecular complexity index is 2930. The van der Waals surface area contributed by atoms with E-state index in [4.69, 9.17) is 20.9 Å². The summed E-state index contributed by atoms with van der Waals surface area (Å²) in [7, 11) is 0. The highest BCUT2D eigenvalue weighted by molar-refractivity contribution is 14.1. The topological polar surface area (TPSA) is 373 Å². The minimum absolute atomic E-state index is 0.0513. The van der Waals surface area contributed by atoms with Crippen molar-refractivity contribution in [2.75, 3.05) is 28.2 Å². The Morgan fingerprint density at radius 1 is 0.495 bits per heavy atom. The minimum Gasteiger partial charge on any atom is -0.460 e. The summed E-state index contributed by atoms with van der Waals surface area (Å²) in [5, 5.41) is 14.2. The Hall–Kier alpha value is -7.71. The highest BCUT2D eigenvalue weighted by atomic mass is 127. The molecule has 3 rings (SSSR count). The van der Waals surface area contributed by atoms with E-state index in [1.54, 1.807) is 90.1 Å². The van der Waals surface area contributed by atoms with Crippen LogP contribution in [0.25, 0.3) is 0 Å². The molecule has 0 bridgehead atoms. The Morgan fingerprint density at radius 2 is 0.863 bits per heavy atom. The molecular formula is C70H103IN8O16. The molecule has 95 heavy (non-hydrogen) atoms. The standard InChI is InChI=1S/C38H54N4O9.C32H49IN4O7/c1-25(2)35(41-32(46)15-9-7-6-8-13-29(43)23-42-33(47)20-21-34(42)48)30(44)22-27(12-10-11-14-31(39)45)36(49)40-28-18-16-26(17-19-28)24-51-37(50)38(3,4)5;1-21(2)29(37-27(40)12-8-9-17-35-28(41)19-33)25(38)18-23(10-6-7-11-26(34)39)30(42)36-24-15-13-22(14-16-24)20-44-31(43)32(3,4)5/h16-21,25,27,35H,6-15,22-24H2,1-5H3,(H2,39,45)(H,40,49)(H,41,46);13-16,21,23,29H,6-12,17-20H2,1-5H3,(H2,34,39)(H,35,41)(H,36,42)(H,37,40)/t27-,35+;23-,29+/m11/s1. The van der Waals surface area contributed by atoms with Crippen molar-refractivity contribution in [1.82, 2.24) is 20.9 Å². The number of rotatable bonds is 43. The number of ketones is 3. The molecule has 526 valence electrons. The molecule has 9 amide bonds. The number of ether oxygens (including phenoxy) is 2. The van der Waals surface area contributed by atoms with Crippen LogP contribution >= 0.6 is 22.6 Å². The van der Waals surface area contributed by atoms with E-state index in [-0.39, 0.29) is 135 Å². The summed E-state index contributed by atoms with van der Waals surface area (Å²) in [6.07, 6.45) is 9.51. The largest absolute Gasteiger partial charge is 0.460 e. The fourth-order valence-corrected chi connectivity index (χ4v) is 9.85. The van der Waals surface area contributed by atoms with Crippen molar-refractivity contribution in [2.45, 2.75) is 217 Å². The van der Waals surface area contributed by atoms with Gasteiger partial charge in [-0.15, -0.1) is 0 Å². The number of benzene rings is 2. The summed E-state index contributed by atoms with van der Waals surface area (Å²) in [5.74, 6) is -6.30. The maximum Gasteiger partial charge on any atom is 0.311 e. The Labute approximate surface area is 573 Å². The molecule has 0 saturated carbocycles. The average Bonchev–Trinajstić information content (AvgIpc) is 2.03. The fourth-order valence-electron chi connectivity index (χ4n) is 9.58. The van der Waals surface area contributed by atoms with Gasteiger partial charge in [0, 0.05) is 86.9 Å². The number of carbonyl (C=O) groups is 14.